The highest BCUT2D eigenvalue weighted by molar-refractivity contribution is 7.47. The Hall–Kier alpha value is -2.82. The number of carbonyl (C=O) groups is 3. The zero-order chi connectivity index (χ0) is 54.1. The van der Waals surface area contributed by atoms with Gasteiger partial charge in [0.2, 0.25) is 0 Å². The summed E-state index contributed by atoms with van der Waals surface area (Å²) in [4.78, 5) is 48.6. The molecule has 0 rings (SSSR count). The molecule has 0 aliphatic carbocycles. The van der Waals surface area contributed by atoms with E-state index in [9.17, 15) is 28.9 Å². The molecule has 0 aromatic carbocycles. The molecular weight excluding hydrogens is 952 g/mol. The lowest BCUT2D eigenvalue weighted by molar-refractivity contribution is -0.161. The van der Waals surface area contributed by atoms with Crippen LogP contribution in [0.3, 0.4) is 0 Å². The van der Waals surface area contributed by atoms with Gasteiger partial charge in [0.05, 0.1) is 19.8 Å². The number of phosphoric ester groups is 1. The van der Waals surface area contributed by atoms with E-state index in [4.69, 9.17) is 23.3 Å². The Kier molecular flexibility index (Phi) is 54.2. The minimum Gasteiger partial charge on any atom is -0.462 e. The fourth-order valence-electron chi connectivity index (χ4n) is 8.30. The molecule has 0 amide bonds. The number of phosphoric acid groups is 1. The second-order valence-electron chi connectivity index (χ2n) is 20.1. The lowest BCUT2D eigenvalue weighted by Crippen LogP contribution is -2.30. The van der Waals surface area contributed by atoms with Crippen LogP contribution in [0.1, 0.15) is 278 Å². The number of esters is 3. The van der Waals surface area contributed by atoms with Crippen LogP contribution in [0.15, 0.2) is 60.8 Å². The zero-order valence-electron chi connectivity index (χ0n) is 47.6. The molecule has 0 aromatic heterocycles. The van der Waals surface area contributed by atoms with E-state index < -0.39 is 57.8 Å². The van der Waals surface area contributed by atoms with Crippen LogP contribution in [0.5, 0.6) is 0 Å². The van der Waals surface area contributed by atoms with Crippen molar-refractivity contribution in [3.05, 3.63) is 60.8 Å². The van der Waals surface area contributed by atoms with E-state index in [1.807, 2.05) is 0 Å². The maximum Gasteiger partial charge on any atom is 0.472 e. The smallest absolute Gasteiger partial charge is 0.462 e. The molecule has 430 valence electrons. The average molecular weight is 1060 g/mol. The van der Waals surface area contributed by atoms with Gasteiger partial charge in [-0.05, 0) is 103 Å². The van der Waals surface area contributed by atoms with Crippen LogP contribution in [0, 0.1) is 0 Å². The predicted octanol–water partition coefficient (Wildman–Crippen LogP) is 17.9. The standard InChI is InChI=1S/C62H111O11P/c1-4-7-10-13-16-19-22-25-28-29-32-33-36-39-42-45-48-51-60(64)69-55-59(73-62(66)53-50-47-44-41-38-35-31-27-24-21-18-15-12-9-6-3)57-71-74(67,68)70-56-58(54-63)72-61(65)52-49-46-43-40-37-34-30-26-23-20-17-14-11-8-5-2/h7,10,16,19,25-28,30-31,58-59,63H,4-6,8-9,11-15,17-18,20-24,29,32-57H2,1-3H3,(H,67,68)/b10-7-,19-16-,28-25-,30-26-,31-27-. The Bertz CT molecular complexity index is 1470. The summed E-state index contributed by atoms with van der Waals surface area (Å²) in [7, 11) is -4.75. The number of unbranched alkanes of at least 4 members (excludes halogenated alkanes) is 29. The summed E-state index contributed by atoms with van der Waals surface area (Å²) in [5.41, 5.74) is 0. The van der Waals surface area contributed by atoms with Crippen molar-refractivity contribution >= 4 is 25.7 Å². The monoisotopic (exact) mass is 1060 g/mol. The SMILES string of the molecule is CC/C=C\C/C=C\C/C=C\CCCCCCCCCC(=O)OCC(COP(=O)(O)OCC(CO)OC(=O)CCCCCCC/C=C\CCCCCCCC)OC(=O)CCCCCCC/C=C\CCCCCCCC. The van der Waals surface area contributed by atoms with Crippen molar-refractivity contribution in [2.75, 3.05) is 26.4 Å². The van der Waals surface area contributed by atoms with Gasteiger partial charge in [-0.15, -0.1) is 0 Å². The summed E-state index contributed by atoms with van der Waals surface area (Å²) < 4.78 is 39.6. The summed E-state index contributed by atoms with van der Waals surface area (Å²) in [5, 5.41) is 9.82. The summed E-state index contributed by atoms with van der Waals surface area (Å²) in [5.74, 6) is -1.48. The van der Waals surface area contributed by atoms with Gasteiger partial charge in [0, 0.05) is 19.3 Å². The van der Waals surface area contributed by atoms with Crippen LogP contribution >= 0.6 is 7.82 Å². The fraction of sp³-hybridized carbons (Fsp3) is 0.790. The third kappa shape index (κ3) is 54.0. The summed E-state index contributed by atoms with van der Waals surface area (Å²) in [6.07, 6.45) is 61.7. The van der Waals surface area contributed by atoms with Crippen LogP contribution in [-0.4, -0.2) is 66.5 Å². The summed E-state index contributed by atoms with van der Waals surface area (Å²) in [6, 6.07) is 0. The molecule has 0 saturated heterocycles. The number of carbonyl (C=O) groups excluding carboxylic acids is 3. The summed E-state index contributed by atoms with van der Waals surface area (Å²) in [6.45, 7) is 4.52. The average Bonchev–Trinajstić information content (AvgIpc) is 3.39. The van der Waals surface area contributed by atoms with E-state index in [2.05, 4.69) is 81.5 Å². The first kappa shape index (κ1) is 71.2. The molecule has 0 spiro atoms. The maximum atomic E-state index is 12.9. The zero-order valence-corrected chi connectivity index (χ0v) is 48.5. The molecule has 11 nitrogen and oxygen atoms in total. The van der Waals surface area contributed by atoms with E-state index in [1.165, 1.54) is 89.9 Å². The van der Waals surface area contributed by atoms with E-state index in [1.54, 1.807) is 0 Å². The second kappa shape index (κ2) is 56.4. The molecule has 0 aliphatic heterocycles. The minimum absolute atomic E-state index is 0.155. The predicted molar refractivity (Wildman–Crippen MR) is 307 cm³/mol. The van der Waals surface area contributed by atoms with Gasteiger partial charge in [0.1, 0.15) is 12.7 Å². The maximum absolute atomic E-state index is 12.9. The molecule has 0 aliphatic rings. The Labute approximate surface area is 453 Å². The number of rotatable bonds is 56. The quantitative estimate of drug-likeness (QED) is 0.0197. The molecule has 12 heteroatoms. The summed E-state index contributed by atoms with van der Waals surface area (Å²) >= 11 is 0. The Morgan fingerprint density at radius 2 is 0.703 bits per heavy atom. The van der Waals surface area contributed by atoms with Crippen LogP contribution in [0.2, 0.25) is 0 Å². The van der Waals surface area contributed by atoms with Crippen LogP contribution in [0.4, 0.5) is 0 Å². The highest BCUT2D eigenvalue weighted by atomic mass is 31.2. The van der Waals surface area contributed by atoms with Gasteiger partial charge in [-0.25, -0.2) is 4.57 Å². The molecule has 74 heavy (non-hydrogen) atoms. The number of hydrogen-bond acceptors (Lipinski definition) is 10. The van der Waals surface area contributed by atoms with Gasteiger partial charge >= 0.3 is 25.7 Å². The van der Waals surface area contributed by atoms with Gasteiger partial charge in [-0.1, -0.05) is 216 Å². The van der Waals surface area contributed by atoms with Gasteiger partial charge in [0.15, 0.2) is 6.10 Å². The first-order chi connectivity index (χ1) is 36.2. The van der Waals surface area contributed by atoms with Crippen molar-refractivity contribution in [1.29, 1.82) is 0 Å². The van der Waals surface area contributed by atoms with Crippen molar-refractivity contribution in [2.24, 2.45) is 0 Å². The van der Waals surface area contributed by atoms with Gasteiger partial charge in [0.25, 0.3) is 0 Å². The molecule has 3 atom stereocenters. The third-order valence-electron chi connectivity index (χ3n) is 12.9. The normalized spacial score (nSPS) is 13.7. The number of aliphatic hydroxyl groups excluding tert-OH is 1. The molecule has 0 fully saturated rings. The molecule has 0 radical (unpaired) electrons. The second-order valence-corrected chi connectivity index (χ2v) is 21.6. The molecule has 0 heterocycles. The van der Waals surface area contributed by atoms with Crippen LogP contribution in [-0.2, 0) is 42.2 Å². The molecule has 3 unspecified atom stereocenters. The van der Waals surface area contributed by atoms with Gasteiger partial charge in [-0.2, -0.15) is 0 Å². The van der Waals surface area contributed by atoms with Gasteiger partial charge in [-0.3, -0.25) is 23.4 Å². The van der Waals surface area contributed by atoms with Crippen molar-refractivity contribution in [3.8, 4) is 0 Å². The Balaban J connectivity index is 4.73. The molecule has 2 N–H and O–H groups in total. The molecule has 0 aromatic rings. The topological polar surface area (TPSA) is 155 Å². The molecular formula is C62H111O11P. The number of ether oxygens (including phenoxy) is 3. The highest BCUT2D eigenvalue weighted by Crippen LogP contribution is 2.43. The fourth-order valence-corrected chi connectivity index (χ4v) is 9.09. The van der Waals surface area contributed by atoms with Crippen molar-refractivity contribution in [2.45, 2.75) is 290 Å². The van der Waals surface area contributed by atoms with Crippen molar-refractivity contribution in [3.63, 3.8) is 0 Å². The van der Waals surface area contributed by atoms with Crippen LogP contribution < -0.4 is 0 Å². The van der Waals surface area contributed by atoms with E-state index in [-0.39, 0.29) is 25.9 Å². The largest absolute Gasteiger partial charge is 0.472 e. The van der Waals surface area contributed by atoms with E-state index in [0.717, 1.165) is 128 Å². The van der Waals surface area contributed by atoms with E-state index in [0.29, 0.717) is 19.3 Å². The first-order valence-corrected chi connectivity index (χ1v) is 31.7. The van der Waals surface area contributed by atoms with Gasteiger partial charge < -0.3 is 24.2 Å². The number of allylic oxidation sites excluding steroid dienone is 10. The Morgan fingerprint density at radius 3 is 1.09 bits per heavy atom. The van der Waals surface area contributed by atoms with Crippen LogP contribution in [0.25, 0.3) is 0 Å². The first-order valence-electron chi connectivity index (χ1n) is 30.2. The van der Waals surface area contributed by atoms with E-state index >= 15 is 0 Å². The minimum atomic E-state index is -4.75. The van der Waals surface area contributed by atoms with Crippen molar-refractivity contribution in [1.82, 2.24) is 0 Å². The highest BCUT2D eigenvalue weighted by Gasteiger charge is 2.28. The Morgan fingerprint density at radius 1 is 0.392 bits per heavy atom. The number of hydrogen-bond donors (Lipinski definition) is 2. The van der Waals surface area contributed by atoms with Crippen molar-refractivity contribution < 1.29 is 52.2 Å². The molecule has 0 saturated carbocycles. The third-order valence-corrected chi connectivity index (χ3v) is 13.8. The lowest BCUT2D eigenvalue weighted by atomic mass is 10.1. The molecule has 0 bridgehead atoms. The number of aliphatic hydroxyl groups is 1. The lowest BCUT2D eigenvalue weighted by Gasteiger charge is -2.21.